The van der Waals surface area contributed by atoms with Crippen LogP contribution in [0.3, 0.4) is 0 Å². The first-order valence-corrected chi connectivity index (χ1v) is 9.78. The highest BCUT2D eigenvalue weighted by Gasteiger charge is 2.23. The van der Waals surface area contributed by atoms with Crippen molar-refractivity contribution in [2.24, 2.45) is 0 Å². The molecule has 4 rings (SSSR count). The number of benzene rings is 2. The zero-order valence-corrected chi connectivity index (χ0v) is 16.3. The van der Waals surface area contributed by atoms with Crippen LogP contribution in [0.25, 0.3) is 0 Å². The van der Waals surface area contributed by atoms with Gasteiger partial charge in [-0.15, -0.1) is 0 Å². The summed E-state index contributed by atoms with van der Waals surface area (Å²) in [4.78, 5) is 19.4. The molecule has 2 aliphatic rings. The van der Waals surface area contributed by atoms with Crippen LogP contribution in [0.1, 0.15) is 16.8 Å². The van der Waals surface area contributed by atoms with E-state index in [0.29, 0.717) is 13.2 Å². The van der Waals surface area contributed by atoms with E-state index in [1.807, 2.05) is 54.4 Å². The van der Waals surface area contributed by atoms with Gasteiger partial charge in [-0.1, -0.05) is 23.7 Å². The second-order valence-electron chi connectivity index (χ2n) is 7.04. The van der Waals surface area contributed by atoms with Crippen LogP contribution in [0, 0.1) is 0 Å². The molecule has 0 aromatic heterocycles. The molecule has 0 unspecified atom stereocenters. The zero-order valence-electron chi connectivity index (χ0n) is 15.5. The molecule has 0 bridgehead atoms. The van der Waals surface area contributed by atoms with E-state index in [9.17, 15) is 4.79 Å². The molecule has 142 valence electrons. The topological polar surface area (TPSA) is 36.0 Å². The number of fused-ring (bicyclic) bond motifs is 1. The SMILES string of the molecule is CN1CCOc2ccc(C(=O)N3CCCN(c4ccccc4Cl)CC3)cc21. The Morgan fingerprint density at radius 1 is 1.00 bits per heavy atom. The third-order valence-corrected chi connectivity index (χ3v) is 5.60. The minimum Gasteiger partial charge on any atom is -0.490 e. The van der Waals surface area contributed by atoms with Gasteiger partial charge >= 0.3 is 0 Å². The van der Waals surface area contributed by atoms with Crippen molar-refractivity contribution in [3.63, 3.8) is 0 Å². The van der Waals surface area contributed by atoms with E-state index in [4.69, 9.17) is 16.3 Å². The van der Waals surface area contributed by atoms with Crippen LogP contribution in [-0.2, 0) is 0 Å². The van der Waals surface area contributed by atoms with Crippen molar-refractivity contribution in [2.75, 3.05) is 56.2 Å². The lowest BCUT2D eigenvalue weighted by atomic mass is 10.1. The Labute approximate surface area is 165 Å². The molecule has 2 aromatic rings. The maximum Gasteiger partial charge on any atom is 0.253 e. The first-order valence-electron chi connectivity index (χ1n) is 9.40. The number of nitrogens with zero attached hydrogens (tertiary/aromatic N) is 3. The lowest BCUT2D eigenvalue weighted by molar-refractivity contribution is 0.0767. The quantitative estimate of drug-likeness (QED) is 0.792. The normalized spacial score (nSPS) is 17.2. The van der Waals surface area contributed by atoms with Gasteiger partial charge in [-0.25, -0.2) is 0 Å². The fourth-order valence-electron chi connectivity index (χ4n) is 3.74. The minimum atomic E-state index is 0.0813. The molecule has 2 aromatic carbocycles. The number of carbonyl (C=O) groups is 1. The molecule has 27 heavy (non-hydrogen) atoms. The Bertz CT molecular complexity index is 842. The van der Waals surface area contributed by atoms with E-state index in [1.54, 1.807) is 0 Å². The number of likely N-dealkylation sites (N-methyl/N-ethyl adjacent to an activating group) is 1. The standard InChI is InChI=1S/C21H24ClN3O2/c1-23-13-14-27-20-8-7-16(15-19(20)23)21(26)25-10-4-9-24(11-12-25)18-6-3-2-5-17(18)22/h2-3,5-8,15H,4,9-14H2,1H3. The molecule has 2 aliphatic heterocycles. The van der Waals surface area contributed by atoms with Gasteiger partial charge in [0, 0.05) is 38.8 Å². The van der Waals surface area contributed by atoms with Crippen LogP contribution < -0.4 is 14.5 Å². The van der Waals surface area contributed by atoms with Crippen LogP contribution in [0.15, 0.2) is 42.5 Å². The lowest BCUT2D eigenvalue weighted by Crippen LogP contribution is -2.35. The average Bonchev–Trinajstić information content (AvgIpc) is 2.94. The zero-order chi connectivity index (χ0) is 18.8. The first-order chi connectivity index (χ1) is 13.1. The Morgan fingerprint density at radius 3 is 2.70 bits per heavy atom. The fourth-order valence-corrected chi connectivity index (χ4v) is 3.99. The lowest BCUT2D eigenvalue weighted by Gasteiger charge is -2.28. The summed E-state index contributed by atoms with van der Waals surface area (Å²) in [6.45, 7) is 4.64. The summed E-state index contributed by atoms with van der Waals surface area (Å²) in [5.41, 5.74) is 2.75. The highest BCUT2D eigenvalue weighted by atomic mass is 35.5. The van der Waals surface area contributed by atoms with Crippen molar-refractivity contribution in [3.8, 4) is 5.75 Å². The van der Waals surface area contributed by atoms with Gasteiger partial charge in [-0.05, 0) is 36.8 Å². The van der Waals surface area contributed by atoms with Crippen LogP contribution >= 0.6 is 11.6 Å². The highest BCUT2D eigenvalue weighted by molar-refractivity contribution is 6.33. The number of para-hydroxylation sites is 1. The van der Waals surface area contributed by atoms with Gasteiger partial charge < -0.3 is 19.4 Å². The van der Waals surface area contributed by atoms with Crippen molar-refractivity contribution >= 4 is 28.9 Å². The van der Waals surface area contributed by atoms with E-state index in [2.05, 4.69) is 9.80 Å². The average molecular weight is 386 g/mol. The second kappa shape index (κ2) is 7.69. The molecule has 0 radical (unpaired) electrons. The van der Waals surface area contributed by atoms with Gasteiger partial charge in [-0.3, -0.25) is 4.79 Å². The third kappa shape index (κ3) is 3.69. The molecule has 0 saturated carbocycles. The van der Waals surface area contributed by atoms with Gasteiger partial charge in [0.1, 0.15) is 12.4 Å². The summed E-state index contributed by atoms with van der Waals surface area (Å²) >= 11 is 6.35. The summed E-state index contributed by atoms with van der Waals surface area (Å²) in [5, 5.41) is 0.759. The number of carbonyl (C=O) groups excluding carboxylic acids is 1. The third-order valence-electron chi connectivity index (χ3n) is 5.28. The van der Waals surface area contributed by atoms with Crippen molar-refractivity contribution in [2.45, 2.75) is 6.42 Å². The number of hydrogen-bond donors (Lipinski definition) is 0. The molecule has 0 aliphatic carbocycles. The number of amides is 1. The monoisotopic (exact) mass is 385 g/mol. The van der Waals surface area contributed by atoms with Gasteiger partial charge in [0.05, 0.1) is 22.9 Å². The largest absolute Gasteiger partial charge is 0.490 e. The smallest absolute Gasteiger partial charge is 0.253 e. The van der Waals surface area contributed by atoms with Gasteiger partial charge in [0.25, 0.3) is 5.91 Å². The predicted molar refractivity (Wildman–Crippen MR) is 109 cm³/mol. The van der Waals surface area contributed by atoms with E-state index in [0.717, 1.165) is 60.3 Å². The molecule has 2 heterocycles. The molecule has 1 fully saturated rings. The van der Waals surface area contributed by atoms with Crippen molar-refractivity contribution < 1.29 is 9.53 Å². The Balaban J connectivity index is 1.49. The summed E-state index contributed by atoms with van der Waals surface area (Å²) in [6.07, 6.45) is 0.922. The molecule has 0 N–H and O–H groups in total. The molecule has 0 spiro atoms. The second-order valence-corrected chi connectivity index (χ2v) is 7.44. The minimum absolute atomic E-state index is 0.0813. The number of halogens is 1. The van der Waals surface area contributed by atoms with E-state index in [-0.39, 0.29) is 5.91 Å². The Hall–Kier alpha value is -2.40. The van der Waals surface area contributed by atoms with Crippen LogP contribution in [0.4, 0.5) is 11.4 Å². The van der Waals surface area contributed by atoms with E-state index < -0.39 is 0 Å². The van der Waals surface area contributed by atoms with Gasteiger partial charge in [0.2, 0.25) is 0 Å². The van der Waals surface area contributed by atoms with E-state index >= 15 is 0 Å². The highest BCUT2D eigenvalue weighted by Crippen LogP contribution is 2.32. The maximum absolute atomic E-state index is 13.1. The van der Waals surface area contributed by atoms with Gasteiger partial charge in [-0.2, -0.15) is 0 Å². The Kier molecular flexibility index (Phi) is 5.12. The van der Waals surface area contributed by atoms with Crippen LogP contribution in [0.5, 0.6) is 5.75 Å². The number of ether oxygens (including phenoxy) is 1. The molecule has 1 amide bonds. The maximum atomic E-state index is 13.1. The summed E-state index contributed by atoms with van der Waals surface area (Å²) in [5.74, 6) is 0.929. The number of anilines is 2. The molecular formula is C21H24ClN3O2. The molecule has 1 saturated heterocycles. The molecular weight excluding hydrogens is 362 g/mol. The van der Waals surface area contributed by atoms with Crippen molar-refractivity contribution in [1.29, 1.82) is 0 Å². The summed E-state index contributed by atoms with van der Waals surface area (Å²) < 4.78 is 5.68. The van der Waals surface area contributed by atoms with Crippen LogP contribution in [-0.4, -0.2) is 57.2 Å². The molecule has 5 nitrogen and oxygen atoms in total. The predicted octanol–water partition coefficient (Wildman–Crippen LogP) is 3.52. The fraction of sp³-hybridized carbons (Fsp3) is 0.381. The summed E-state index contributed by atoms with van der Waals surface area (Å²) in [6, 6.07) is 13.6. The van der Waals surface area contributed by atoms with Crippen LogP contribution in [0.2, 0.25) is 5.02 Å². The summed E-state index contributed by atoms with van der Waals surface area (Å²) in [7, 11) is 2.03. The molecule has 6 heteroatoms. The van der Waals surface area contributed by atoms with Crippen molar-refractivity contribution in [1.82, 2.24) is 4.90 Å². The first kappa shape index (κ1) is 18.0. The van der Waals surface area contributed by atoms with Crippen molar-refractivity contribution in [3.05, 3.63) is 53.1 Å². The number of rotatable bonds is 2. The Morgan fingerprint density at radius 2 is 1.85 bits per heavy atom. The van der Waals surface area contributed by atoms with E-state index in [1.165, 1.54) is 0 Å². The van der Waals surface area contributed by atoms with Gasteiger partial charge in [0.15, 0.2) is 0 Å². The molecule has 0 atom stereocenters. The number of hydrogen-bond acceptors (Lipinski definition) is 4.